The molecule has 1 aliphatic rings. The van der Waals surface area contributed by atoms with Crippen LogP contribution in [0, 0.1) is 0 Å². The van der Waals surface area contributed by atoms with Crippen LogP contribution < -0.4 is 14.8 Å². The molecule has 1 N–H and O–H groups in total. The van der Waals surface area contributed by atoms with Crippen LogP contribution >= 0.6 is 35.0 Å². The molecule has 1 heterocycles. The van der Waals surface area contributed by atoms with Crippen molar-refractivity contribution in [2.45, 2.75) is 6.61 Å². The van der Waals surface area contributed by atoms with Gasteiger partial charge in [0.15, 0.2) is 11.5 Å². The smallest absolute Gasteiger partial charge is 0.294 e. The van der Waals surface area contributed by atoms with Crippen molar-refractivity contribution in [2.24, 2.45) is 0 Å². The van der Waals surface area contributed by atoms with E-state index in [1.165, 1.54) is 7.11 Å². The molecule has 0 saturated carbocycles. The second-order valence-electron chi connectivity index (χ2n) is 7.63. The minimum Gasteiger partial charge on any atom is -0.493 e. The third kappa shape index (κ3) is 6.20. The normalized spacial score (nSPS) is 14.3. The summed E-state index contributed by atoms with van der Waals surface area (Å²) in [6, 6.07) is 19.2. The van der Waals surface area contributed by atoms with Gasteiger partial charge in [-0.15, -0.1) is 0 Å². The van der Waals surface area contributed by atoms with Crippen molar-refractivity contribution in [3.63, 3.8) is 0 Å². The summed E-state index contributed by atoms with van der Waals surface area (Å²) in [5.41, 5.74) is 2.05. The summed E-state index contributed by atoms with van der Waals surface area (Å²) < 4.78 is 11.3. The molecule has 7 nitrogen and oxygen atoms in total. The number of benzene rings is 3. The number of amides is 3. The highest BCUT2D eigenvalue weighted by Gasteiger charge is 2.36. The fraction of sp³-hybridized carbons (Fsp3) is 0.115. The van der Waals surface area contributed by atoms with Crippen molar-refractivity contribution in [2.75, 3.05) is 19.0 Å². The molecular formula is C26H20Cl2N2O5S. The van der Waals surface area contributed by atoms with E-state index in [1.807, 2.05) is 12.1 Å². The molecule has 0 aromatic heterocycles. The number of imide groups is 1. The molecule has 184 valence electrons. The first-order valence-corrected chi connectivity index (χ1v) is 12.3. The van der Waals surface area contributed by atoms with Crippen LogP contribution in [0.3, 0.4) is 0 Å². The van der Waals surface area contributed by atoms with Gasteiger partial charge in [0.25, 0.3) is 11.1 Å². The van der Waals surface area contributed by atoms with Gasteiger partial charge in [0.05, 0.1) is 22.1 Å². The maximum atomic E-state index is 12.8. The lowest BCUT2D eigenvalue weighted by atomic mass is 10.1. The Labute approximate surface area is 222 Å². The third-order valence-corrected chi connectivity index (χ3v) is 6.74. The SMILES string of the molecule is COc1cc(/C=C2\SC(=O)N(CC(=O)Nc3ccccc3)C2=O)ccc1OCc1ccc(Cl)c(Cl)c1. The van der Waals surface area contributed by atoms with Crippen molar-refractivity contribution >= 4 is 63.8 Å². The van der Waals surface area contributed by atoms with Gasteiger partial charge in [0.2, 0.25) is 5.91 Å². The number of para-hydroxylation sites is 1. The Morgan fingerprint density at radius 1 is 1.00 bits per heavy atom. The molecule has 10 heteroatoms. The number of carbonyl (C=O) groups excluding carboxylic acids is 3. The van der Waals surface area contributed by atoms with E-state index in [9.17, 15) is 14.4 Å². The molecule has 1 aliphatic heterocycles. The molecule has 4 rings (SSSR count). The molecule has 0 radical (unpaired) electrons. The Morgan fingerprint density at radius 2 is 1.78 bits per heavy atom. The molecule has 0 bridgehead atoms. The summed E-state index contributed by atoms with van der Waals surface area (Å²) in [6.45, 7) is -0.127. The highest BCUT2D eigenvalue weighted by Crippen LogP contribution is 2.35. The van der Waals surface area contributed by atoms with E-state index in [0.29, 0.717) is 32.8 Å². The van der Waals surface area contributed by atoms with E-state index in [0.717, 1.165) is 22.2 Å². The summed E-state index contributed by atoms with van der Waals surface area (Å²) in [5, 5.41) is 3.05. The fourth-order valence-corrected chi connectivity index (χ4v) is 4.50. The number of hydrogen-bond acceptors (Lipinski definition) is 6. The zero-order chi connectivity index (χ0) is 25.7. The minimum absolute atomic E-state index is 0.207. The van der Waals surface area contributed by atoms with Crippen LogP contribution in [-0.4, -0.2) is 35.6 Å². The number of hydrogen-bond donors (Lipinski definition) is 1. The van der Waals surface area contributed by atoms with Gasteiger partial charge in [-0.25, -0.2) is 0 Å². The molecule has 3 amide bonds. The lowest BCUT2D eigenvalue weighted by molar-refractivity contribution is -0.127. The predicted octanol–water partition coefficient (Wildman–Crippen LogP) is 6.26. The molecule has 0 aliphatic carbocycles. The topological polar surface area (TPSA) is 84.9 Å². The second-order valence-corrected chi connectivity index (χ2v) is 9.44. The standard InChI is InChI=1S/C26H20Cl2N2O5S/c1-34-22-12-16(8-10-21(22)35-15-17-7-9-19(27)20(28)11-17)13-23-25(32)30(26(33)36-23)14-24(31)29-18-5-3-2-4-6-18/h2-13H,14-15H2,1H3,(H,29,31)/b23-13-. The first kappa shape index (κ1) is 25.6. The maximum absolute atomic E-state index is 12.8. The fourth-order valence-electron chi connectivity index (χ4n) is 3.34. The maximum Gasteiger partial charge on any atom is 0.294 e. The van der Waals surface area contributed by atoms with Crippen LogP contribution in [0.4, 0.5) is 10.5 Å². The van der Waals surface area contributed by atoms with E-state index < -0.39 is 17.1 Å². The zero-order valence-electron chi connectivity index (χ0n) is 19.0. The number of ether oxygens (including phenoxy) is 2. The summed E-state index contributed by atoms with van der Waals surface area (Å²) in [6.07, 6.45) is 1.57. The Balaban J connectivity index is 1.43. The van der Waals surface area contributed by atoms with E-state index in [4.69, 9.17) is 32.7 Å². The number of nitrogens with zero attached hydrogens (tertiary/aromatic N) is 1. The molecule has 3 aromatic carbocycles. The van der Waals surface area contributed by atoms with Crippen molar-refractivity contribution in [1.29, 1.82) is 0 Å². The minimum atomic E-state index is -0.535. The van der Waals surface area contributed by atoms with Crippen LogP contribution in [0.1, 0.15) is 11.1 Å². The number of methoxy groups -OCH3 is 1. The van der Waals surface area contributed by atoms with Crippen molar-refractivity contribution in [3.8, 4) is 11.5 Å². The highest BCUT2D eigenvalue weighted by atomic mass is 35.5. The van der Waals surface area contributed by atoms with Gasteiger partial charge in [-0.2, -0.15) is 0 Å². The Bertz CT molecular complexity index is 1350. The molecule has 3 aromatic rings. The van der Waals surface area contributed by atoms with Crippen LogP contribution in [0.15, 0.2) is 71.6 Å². The van der Waals surface area contributed by atoms with Gasteiger partial charge in [-0.05, 0) is 65.4 Å². The van der Waals surface area contributed by atoms with Gasteiger partial charge >= 0.3 is 0 Å². The van der Waals surface area contributed by atoms with Crippen LogP contribution in [0.5, 0.6) is 11.5 Å². The van der Waals surface area contributed by atoms with Gasteiger partial charge in [0.1, 0.15) is 13.2 Å². The van der Waals surface area contributed by atoms with Gasteiger partial charge in [-0.3, -0.25) is 19.3 Å². The van der Waals surface area contributed by atoms with Crippen molar-refractivity contribution in [1.82, 2.24) is 4.90 Å². The lowest BCUT2D eigenvalue weighted by Crippen LogP contribution is -2.36. The second kappa shape index (κ2) is 11.5. The number of anilines is 1. The van der Waals surface area contributed by atoms with E-state index in [2.05, 4.69) is 5.32 Å². The molecule has 0 spiro atoms. The summed E-state index contributed by atoms with van der Waals surface area (Å²) >= 11 is 12.8. The Kier molecular flexibility index (Phi) is 8.20. The largest absolute Gasteiger partial charge is 0.493 e. The predicted molar refractivity (Wildman–Crippen MR) is 142 cm³/mol. The zero-order valence-corrected chi connectivity index (χ0v) is 21.3. The number of rotatable bonds is 8. The summed E-state index contributed by atoms with van der Waals surface area (Å²) in [7, 11) is 1.50. The van der Waals surface area contributed by atoms with E-state index in [-0.39, 0.29) is 18.1 Å². The van der Waals surface area contributed by atoms with Gasteiger partial charge < -0.3 is 14.8 Å². The Morgan fingerprint density at radius 3 is 2.50 bits per heavy atom. The average molecular weight is 543 g/mol. The van der Waals surface area contributed by atoms with Crippen LogP contribution in [-0.2, 0) is 16.2 Å². The average Bonchev–Trinajstić information content (AvgIpc) is 3.12. The summed E-state index contributed by atoms with van der Waals surface area (Å²) in [5.74, 6) is -0.0568. The third-order valence-electron chi connectivity index (χ3n) is 5.10. The summed E-state index contributed by atoms with van der Waals surface area (Å²) in [4.78, 5) is 38.6. The number of carbonyl (C=O) groups is 3. The lowest BCUT2D eigenvalue weighted by Gasteiger charge is -2.13. The van der Waals surface area contributed by atoms with Crippen LogP contribution in [0.25, 0.3) is 6.08 Å². The number of thioether (sulfide) groups is 1. The molecular weight excluding hydrogens is 523 g/mol. The quantitative estimate of drug-likeness (QED) is 0.338. The van der Waals surface area contributed by atoms with E-state index in [1.54, 1.807) is 60.7 Å². The van der Waals surface area contributed by atoms with Crippen molar-refractivity contribution in [3.05, 3.63) is 92.8 Å². The van der Waals surface area contributed by atoms with Crippen molar-refractivity contribution < 1.29 is 23.9 Å². The first-order valence-electron chi connectivity index (χ1n) is 10.7. The van der Waals surface area contributed by atoms with E-state index >= 15 is 0 Å². The number of halogens is 2. The van der Waals surface area contributed by atoms with Gasteiger partial charge in [-0.1, -0.05) is 53.5 Å². The molecule has 0 unspecified atom stereocenters. The molecule has 1 saturated heterocycles. The monoisotopic (exact) mass is 542 g/mol. The Hall–Kier alpha value is -3.46. The molecule has 1 fully saturated rings. The molecule has 36 heavy (non-hydrogen) atoms. The first-order chi connectivity index (χ1) is 17.3. The highest BCUT2D eigenvalue weighted by molar-refractivity contribution is 8.18. The molecule has 0 atom stereocenters. The van der Waals surface area contributed by atoms with Gasteiger partial charge in [0, 0.05) is 5.69 Å². The number of nitrogens with one attached hydrogen (secondary N) is 1. The van der Waals surface area contributed by atoms with Crippen LogP contribution in [0.2, 0.25) is 10.0 Å².